The number of ether oxygens (including phenoxy) is 1. The van der Waals surface area contributed by atoms with Gasteiger partial charge in [-0.1, -0.05) is 24.3 Å². The van der Waals surface area contributed by atoms with Crippen LogP contribution in [0.3, 0.4) is 0 Å². The highest BCUT2D eigenvalue weighted by molar-refractivity contribution is 5.99. The summed E-state index contributed by atoms with van der Waals surface area (Å²) in [7, 11) is 0. The number of β-amino-alcohol motifs (C(OH)–C–C–N with tert-alkyl or cyclic N) is 1. The summed E-state index contributed by atoms with van der Waals surface area (Å²) in [4.78, 5) is 30.2. The summed E-state index contributed by atoms with van der Waals surface area (Å²) in [5, 5.41) is 16.2. The van der Waals surface area contributed by atoms with Crippen LogP contribution in [-0.2, 0) is 17.8 Å². The minimum Gasteiger partial charge on any atom is -0.466 e. The van der Waals surface area contributed by atoms with Crippen molar-refractivity contribution in [2.24, 2.45) is 0 Å². The highest BCUT2D eigenvalue weighted by Gasteiger charge is 2.27. The molecule has 4 rings (SSSR count). The highest BCUT2D eigenvalue weighted by atomic mass is 16.5. The Morgan fingerprint density at radius 3 is 3.00 bits per heavy atom. The number of nitrogens with zero attached hydrogens (tertiary/aromatic N) is 2. The molecule has 2 amide bonds. The van der Waals surface area contributed by atoms with Gasteiger partial charge in [-0.3, -0.25) is 14.5 Å². The lowest BCUT2D eigenvalue weighted by Crippen LogP contribution is -2.49. The third-order valence-electron chi connectivity index (χ3n) is 5.13. The number of aromatic nitrogens is 1. The molecule has 1 aromatic heterocycles. The Morgan fingerprint density at radius 1 is 1.38 bits per heavy atom. The van der Waals surface area contributed by atoms with Gasteiger partial charge in [0.25, 0.3) is 11.8 Å². The normalized spacial score (nSPS) is 17.9. The molecule has 0 radical (unpaired) electrons. The molecule has 3 N–H and O–H groups in total. The van der Waals surface area contributed by atoms with Crippen LogP contribution in [0.1, 0.15) is 28.4 Å². The molecule has 1 aromatic carbocycles. The van der Waals surface area contributed by atoms with Crippen molar-refractivity contribution in [3.63, 3.8) is 0 Å². The van der Waals surface area contributed by atoms with E-state index < -0.39 is 5.60 Å². The van der Waals surface area contributed by atoms with E-state index in [1.54, 1.807) is 6.92 Å². The predicted molar refractivity (Wildman–Crippen MR) is 107 cm³/mol. The zero-order valence-electron chi connectivity index (χ0n) is 16.3. The van der Waals surface area contributed by atoms with E-state index >= 15 is 0 Å². The van der Waals surface area contributed by atoms with Crippen molar-refractivity contribution in [1.82, 2.24) is 15.2 Å². The average Bonchev–Trinajstić information content (AvgIpc) is 2.71. The first-order valence-corrected chi connectivity index (χ1v) is 9.62. The fourth-order valence-corrected chi connectivity index (χ4v) is 3.70. The van der Waals surface area contributed by atoms with Crippen LogP contribution in [0, 0.1) is 0 Å². The Bertz CT molecular complexity index is 944. The lowest BCUT2D eigenvalue weighted by molar-refractivity contribution is -0.118. The molecule has 8 nitrogen and oxygen atoms in total. The summed E-state index contributed by atoms with van der Waals surface area (Å²) in [5.74, 6) is -0.370. The second-order valence-corrected chi connectivity index (χ2v) is 7.82. The third-order valence-corrected chi connectivity index (χ3v) is 5.13. The molecule has 3 heterocycles. The third kappa shape index (κ3) is 4.55. The van der Waals surface area contributed by atoms with Crippen LogP contribution < -0.4 is 15.4 Å². The first kappa shape index (κ1) is 19.4. The number of amides is 2. The molecule has 0 saturated heterocycles. The largest absolute Gasteiger partial charge is 0.466 e. The molecule has 2 aliphatic rings. The molecule has 0 bridgehead atoms. The van der Waals surface area contributed by atoms with Gasteiger partial charge >= 0.3 is 0 Å². The highest BCUT2D eigenvalue weighted by Crippen LogP contribution is 2.25. The number of benzene rings is 1. The molecule has 0 unspecified atom stereocenters. The fraction of sp³-hybridized carbons (Fsp3) is 0.381. The monoisotopic (exact) mass is 396 g/mol. The number of pyridine rings is 1. The Kier molecular flexibility index (Phi) is 5.21. The Morgan fingerprint density at radius 2 is 2.17 bits per heavy atom. The first-order valence-electron chi connectivity index (χ1n) is 9.62. The molecule has 2 aromatic rings. The number of hydrogen-bond donors (Lipinski definition) is 3. The summed E-state index contributed by atoms with van der Waals surface area (Å²) in [5.41, 5.74) is 2.21. The van der Waals surface area contributed by atoms with Crippen LogP contribution >= 0.6 is 0 Å². The number of carbonyl (C=O) groups is 2. The number of rotatable bonds is 5. The second-order valence-electron chi connectivity index (χ2n) is 7.82. The molecule has 152 valence electrons. The van der Waals surface area contributed by atoms with Crippen LogP contribution in [0.5, 0.6) is 5.88 Å². The van der Waals surface area contributed by atoms with Crippen molar-refractivity contribution in [3.8, 4) is 5.88 Å². The molecule has 2 aliphatic heterocycles. The Hall–Kier alpha value is -2.97. The van der Waals surface area contributed by atoms with Crippen molar-refractivity contribution >= 4 is 17.5 Å². The van der Waals surface area contributed by atoms with Gasteiger partial charge in [-0.05, 0) is 30.5 Å². The SMILES string of the molecule is C[C@](O)(CNC(=O)c1cnc2c(c1)NC(=O)CO2)CN1CCc2ccccc2C1. The van der Waals surface area contributed by atoms with E-state index in [-0.39, 0.29) is 30.5 Å². The summed E-state index contributed by atoms with van der Waals surface area (Å²) in [6.07, 6.45) is 2.34. The minimum absolute atomic E-state index is 0.0879. The molecule has 1 atom stereocenters. The van der Waals surface area contributed by atoms with Crippen LogP contribution in [0.15, 0.2) is 36.5 Å². The standard InChI is InChI=1S/C21H24N4O4/c1-21(28,13-25-7-6-14-4-2-3-5-15(14)10-25)12-23-19(27)16-8-17-20(22-9-16)29-11-18(26)24-17/h2-5,8-9,28H,6-7,10-13H2,1H3,(H,23,27)(H,24,26)/t21-/m0/s1. The van der Waals surface area contributed by atoms with Gasteiger partial charge in [0, 0.05) is 32.4 Å². The number of carbonyl (C=O) groups excluding carboxylic acids is 2. The summed E-state index contributed by atoms with van der Waals surface area (Å²) in [6, 6.07) is 9.85. The number of hydrogen-bond acceptors (Lipinski definition) is 6. The summed E-state index contributed by atoms with van der Waals surface area (Å²) < 4.78 is 5.19. The molecule has 0 spiro atoms. The van der Waals surface area contributed by atoms with Crippen LogP contribution in [-0.4, -0.2) is 58.6 Å². The van der Waals surface area contributed by atoms with Gasteiger partial charge in [-0.15, -0.1) is 0 Å². The Balaban J connectivity index is 1.34. The molecule has 8 heteroatoms. The second kappa shape index (κ2) is 7.81. The van der Waals surface area contributed by atoms with E-state index in [1.807, 2.05) is 12.1 Å². The van der Waals surface area contributed by atoms with E-state index in [0.29, 0.717) is 18.1 Å². The van der Waals surface area contributed by atoms with Crippen LogP contribution in [0.2, 0.25) is 0 Å². The van der Waals surface area contributed by atoms with E-state index in [9.17, 15) is 14.7 Å². The molecular formula is C21H24N4O4. The van der Waals surface area contributed by atoms with Crippen molar-refractivity contribution in [1.29, 1.82) is 0 Å². The van der Waals surface area contributed by atoms with Crippen LogP contribution in [0.25, 0.3) is 0 Å². The van der Waals surface area contributed by atoms with E-state index in [2.05, 4.69) is 32.7 Å². The molecule has 0 aliphatic carbocycles. The topological polar surface area (TPSA) is 104 Å². The van der Waals surface area contributed by atoms with Gasteiger partial charge in [-0.25, -0.2) is 4.98 Å². The number of anilines is 1. The average molecular weight is 396 g/mol. The van der Waals surface area contributed by atoms with Gasteiger partial charge in [0.2, 0.25) is 5.88 Å². The number of fused-ring (bicyclic) bond motifs is 2. The molecule has 0 saturated carbocycles. The smallest absolute Gasteiger partial charge is 0.262 e. The predicted octanol–water partition coefficient (Wildman–Crippen LogP) is 0.952. The summed E-state index contributed by atoms with van der Waals surface area (Å²) in [6.45, 7) is 3.84. The zero-order chi connectivity index (χ0) is 20.4. The minimum atomic E-state index is -1.08. The van der Waals surface area contributed by atoms with Gasteiger partial charge in [0.1, 0.15) is 5.69 Å². The maximum absolute atomic E-state index is 12.5. The van der Waals surface area contributed by atoms with Crippen molar-refractivity contribution < 1.29 is 19.4 Å². The molecule has 0 fully saturated rings. The van der Waals surface area contributed by atoms with Crippen molar-refractivity contribution in [2.75, 3.05) is 31.6 Å². The van der Waals surface area contributed by atoms with E-state index in [0.717, 1.165) is 19.5 Å². The van der Waals surface area contributed by atoms with Gasteiger partial charge < -0.3 is 20.5 Å². The van der Waals surface area contributed by atoms with E-state index in [4.69, 9.17) is 4.74 Å². The molecule has 29 heavy (non-hydrogen) atoms. The first-order chi connectivity index (χ1) is 13.9. The van der Waals surface area contributed by atoms with Crippen LogP contribution in [0.4, 0.5) is 5.69 Å². The zero-order valence-corrected chi connectivity index (χ0v) is 16.3. The van der Waals surface area contributed by atoms with Gasteiger partial charge in [-0.2, -0.15) is 0 Å². The molecular weight excluding hydrogens is 372 g/mol. The van der Waals surface area contributed by atoms with Gasteiger partial charge in [0.05, 0.1) is 11.2 Å². The van der Waals surface area contributed by atoms with E-state index in [1.165, 1.54) is 23.4 Å². The quantitative estimate of drug-likeness (QED) is 0.695. The maximum atomic E-state index is 12.5. The Labute approximate surface area is 168 Å². The lowest BCUT2D eigenvalue weighted by atomic mass is 9.98. The summed E-state index contributed by atoms with van der Waals surface area (Å²) >= 11 is 0. The number of nitrogens with one attached hydrogen (secondary N) is 2. The number of aliphatic hydroxyl groups is 1. The fourth-order valence-electron chi connectivity index (χ4n) is 3.70. The van der Waals surface area contributed by atoms with Crippen molar-refractivity contribution in [2.45, 2.75) is 25.5 Å². The maximum Gasteiger partial charge on any atom is 0.262 e. The van der Waals surface area contributed by atoms with Crippen molar-refractivity contribution in [3.05, 3.63) is 53.2 Å². The lowest BCUT2D eigenvalue weighted by Gasteiger charge is -2.35. The van der Waals surface area contributed by atoms with Gasteiger partial charge in [0.15, 0.2) is 6.61 Å².